The van der Waals surface area contributed by atoms with E-state index < -0.39 is 10.0 Å². The van der Waals surface area contributed by atoms with Crippen LogP contribution in [0.15, 0.2) is 29.2 Å². The molecule has 0 unspecified atom stereocenters. The summed E-state index contributed by atoms with van der Waals surface area (Å²) in [6.45, 7) is 9.74. The maximum absolute atomic E-state index is 12.9. The van der Waals surface area contributed by atoms with Crippen LogP contribution in [-0.2, 0) is 10.0 Å². The summed E-state index contributed by atoms with van der Waals surface area (Å²) in [6, 6.07) is 6.44. The zero-order valence-corrected chi connectivity index (χ0v) is 18.9. The third-order valence-electron chi connectivity index (χ3n) is 5.84. The number of carbonyl (C=O) groups excluding carboxylic acids is 1. The molecule has 6 nitrogen and oxygen atoms in total. The zero-order chi connectivity index (χ0) is 21.3. The van der Waals surface area contributed by atoms with Crippen LogP contribution in [0, 0.1) is 0 Å². The Balaban J connectivity index is 1.68. The van der Waals surface area contributed by atoms with Gasteiger partial charge < -0.3 is 10.6 Å². The first kappa shape index (κ1) is 22.2. The molecule has 0 saturated carbocycles. The molecule has 2 heterocycles. The highest BCUT2D eigenvalue weighted by atomic mass is 32.2. The van der Waals surface area contributed by atoms with Crippen LogP contribution < -0.4 is 10.6 Å². The van der Waals surface area contributed by atoms with Gasteiger partial charge in [0.1, 0.15) is 0 Å². The first-order chi connectivity index (χ1) is 13.5. The van der Waals surface area contributed by atoms with Crippen molar-refractivity contribution in [2.24, 2.45) is 0 Å². The highest BCUT2D eigenvalue weighted by molar-refractivity contribution is 7.89. The molecule has 1 aromatic rings. The maximum atomic E-state index is 12.9. The van der Waals surface area contributed by atoms with E-state index >= 15 is 0 Å². The maximum Gasteiger partial charge on any atom is 0.251 e. The van der Waals surface area contributed by atoms with Crippen LogP contribution in [0.2, 0.25) is 0 Å². The number of amides is 1. The van der Waals surface area contributed by atoms with Crippen molar-refractivity contribution in [2.45, 2.75) is 88.2 Å². The Morgan fingerprint density at radius 3 is 2.00 bits per heavy atom. The first-order valence-electron chi connectivity index (χ1n) is 10.7. The molecular weight excluding hydrogens is 386 g/mol. The number of nitrogens with one attached hydrogen (secondary N) is 2. The normalized spacial score (nSPS) is 23.3. The Hall–Kier alpha value is -1.44. The molecule has 0 radical (unpaired) electrons. The lowest BCUT2D eigenvalue weighted by Gasteiger charge is -2.46. The Labute approximate surface area is 175 Å². The molecule has 0 spiro atoms. The average molecular weight is 422 g/mol. The predicted molar refractivity (Wildman–Crippen MR) is 115 cm³/mol. The van der Waals surface area contributed by atoms with Crippen molar-refractivity contribution in [1.82, 2.24) is 14.9 Å². The summed E-state index contributed by atoms with van der Waals surface area (Å²) in [5.41, 5.74) is 0.393. The molecule has 29 heavy (non-hydrogen) atoms. The van der Waals surface area contributed by atoms with Gasteiger partial charge in [-0.05, 0) is 77.6 Å². The van der Waals surface area contributed by atoms with Crippen LogP contribution in [0.25, 0.3) is 0 Å². The molecule has 0 atom stereocenters. The molecule has 1 amide bonds. The van der Waals surface area contributed by atoms with Crippen molar-refractivity contribution < 1.29 is 13.2 Å². The minimum Gasteiger partial charge on any atom is -0.349 e. The van der Waals surface area contributed by atoms with E-state index in [1.807, 2.05) is 0 Å². The fraction of sp³-hybridized carbons (Fsp3) is 0.682. The van der Waals surface area contributed by atoms with E-state index in [1.165, 1.54) is 0 Å². The Kier molecular flexibility index (Phi) is 6.41. The van der Waals surface area contributed by atoms with Crippen LogP contribution in [0.4, 0.5) is 0 Å². The Morgan fingerprint density at radius 2 is 1.48 bits per heavy atom. The van der Waals surface area contributed by atoms with Gasteiger partial charge in [0.25, 0.3) is 5.91 Å². The number of hydrogen-bond acceptors (Lipinski definition) is 4. The van der Waals surface area contributed by atoms with Crippen molar-refractivity contribution in [2.75, 3.05) is 13.1 Å². The fourth-order valence-electron chi connectivity index (χ4n) is 4.90. The van der Waals surface area contributed by atoms with Gasteiger partial charge in [-0.25, -0.2) is 8.42 Å². The lowest BCUT2D eigenvalue weighted by molar-refractivity contribution is 0.0873. The van der Waals surface area contributed by atoms with Crippen LogP contribution in [0.3, 0.4) is 0 Å². The predicted octanol–water partition coefficient (Wildman–Crippen LogP) is 3.29. The minimum atomic E-state index is -3.49. The molecular formula is C22H35N3O3S. The summed E-state index contributed by atoms with van der Waals surface area (Å²) in [5, 5.41) is 6.75. The summed E-state index contributed by atoms with van der Waals surface area (Å²) in [5.74, 6) is -0.151. The van der Waals surface area contributed by atoms with Gasteiger partial charge in [-0.2, -0.15) is 4.31 Å². The van der Waals surface area contributed by atoms with Crippen LogP contribution >= 0.6 is 0 Å². The van der Waals surface area contributed by atoms with Crippen molar-refractivity contribution in [3.8, 4) is 0 Å². The monoisotopic (exact) mass is 421 g/mol. The van der Waals surface area contributed by atoms with E-state index in [0.29, 0.717) is 18.7 Å². The molecule has 0 aliphatic carbocycles. The van der Waals surface area contributed by atoms with Gasteiger partial charge >= 0.3 is 0 Å². The number of sulfonamides is 1. The molecule has 2 fully saturated rings. The quantitative estimate of drug-likeness (QED) is 0.782. The van der Waals surface area contributed by atoms with Gasteiger partial charge in [0, 0.05) is 35.8 Å². The second-order valence-corrected chi connectivity index (χ2v) is 11.8. The molecule has 7 heteroatoms. The highest BCUT2D eigenvalue weighted by Crippen LogP contribution is 2.29. The lowest BCUT2D eigenvalue weighted by atomic mass is 9.79. The third-order valence-corrected chi connectivity index (χ3v) is 7.76. The molecule has 2 saturated heterocycles. The fourth-order valence-corrected chi connectivity index (χ4v) is 6.42. The molecule has 2 aliphatic rings. The molecule has 162 valence electrons. The van der Waals surface area contributed by atoms with Crippen LogP contribution in [-0.4, -0.2) is 48.8 Å². The number of rotatable bonds is 4. The number of nitrogens with zero attached hydrogens (tertiary/aromatic N) is 1. The third kappa shape index (κ3) is 5.58. The molecule has 2 N–H and O–H groups in total. The molecule has 1 aromatic carbocycles. The van der Waals surface area contributed by atoms with Crippen molar-refractivity contribution in [3.05, 3.63) is 29.8 Å². The Bertz CT molecular complexity index is 807. The van der Waals surface area contributed by atoms with Crippen molar-refractivity contribution in [1.29, 1.82) is 0 Å². The van der Waals surface area contributed by atoms with Crippen molar-refractivity contribution >= 4 is 15.9 Å². The van der Waals surface area contributed by atoms with E-state index in [2.05, 4.69) is 38.3 Å². The second-order valence-electron chi connectivity index (χ2n) is 9.81. The number of piperidine rings is 1. The van der Waals surface area contributed by atoms with Gasteiger partial charge in [-0.15, -0.1) is 0 Å². The molecule has 3 rings (SSSR count). The summed E-state index contributed by atoms with van der Waals surface area (Å²) in [6.07, 6.45) is 5.67. The molecule has 2 aliphatic heterocycles. The van der Waals surface area contributed by atoms with Gasteiger partial charge in [0.15, 0.2) is 0 Å². The SMILES string of the molecule is CC1(C)CC(NC(=O)c2ccc(S(=O)(=O)N3CCCCCC3)cc2)CC(C)(C)N1. The van der Waals surface area contributed by atoms with Gasteiger partial charge in [0.05, 0.1) is 4.90 Å². The smallest absolute Gasteiger partial charge is 0.251 e. The number of carbonyl (C=O) groups is 1. The molecule has 0 bridgehead atoms. The van der Waals surface area contributed by atoms with Gasteiger partial charge in [-0.1, -0.05) is 12.8 Å². The minimum absolute atomic E-state index is 0.0508. The summed E-state index contributed by atoms with van der Waals surface area (Å²) in [4.78, 5) is 13.0. The molecule has 0 aromatic heterocycles. The zero-order valence-electron chi connectivity index (χ0n) is 18.1. The van der Waals surface area contributed by atoms with E-state index in [4.69, 9.17) is 0 Å². The summed E-state index contributed by atoms with van der Waals surface area (Å²) >= 11 is 0. The second kappa shape index (κ2) is 8.36. The largest absolute Gasteiger partial charge is 0.349 e. The Morgan fingerprint density at radius 1 is 0.966 bits per heavy atom. The van der Waals surface area contributed by atoms with Crippen LogP contribution in [0.1, 0.15) is 76.6 Å². The van der Waals surface area contributed by atoms with Gasteiger partial charge in [0.2, 0.25) is 10.0 Å². The summed E-state index contributed by atoms with van der Waals surface area (Å²) < 4.78 is 27.4. The lowest BCUT2D eigenvalue weighted by Crippen LogP contribution is -2.62. The van der Waals surface area contributed by atoms with E-state index in [9.17, 15) is 13.2 Å². The van der Waals surface area contributed by atoms with Crippen molar-refractivity contribution in [3.63, 3.8) is 0 Å². The summed E-state index contributed by atoms with van der Waals surface area (Å²) in [7, 11) is -3.49. The topological polar surface area (TPSA) is 78.5 Å². The van der Waals surface area contributed by atoms with E-state index in [-0.39, 0.29) is 27.9 Å². The first-order valence-corrected chi connectivity index (χ1v) is 12.1. The average Bonchev–Trinajstić information content (AvgIpc) is 2.89. The van der Waals surface area contributed by atoms with E-state index in [1.54, 1.807) is 28.6 Å². The van der Waals surface area contributed by atoms with Crippen LogP contribution in [0.5, 0.6) is 0 Å². The van der Waals surface area contributed by atoms with E-state index in [0.717, 1.165) is 38.5 Å². The standard InChI is InChI=1S/C22H35N3O3S/c1-21(2)15-18(16-22(3,4)24-21)23-20(26)17-9-11-19(12-10-17)29(27,28)25-13-7-5-6-8-14-25/h9-12,18,24H,5-8,13-16H2,1-4H3,(H,23,26). The van der Waals surface area contributed by atoms with Gasteiger partial charge in [-0.3, -0.25) is 4.79 Å². The highest BCUT2D eigenvalue weighted by Gasteiger charge is 2.38. The number of hydrogen-bond donors (Lipinski definition) is 2. The number of benzene rings is 1.